The van der Waals surface area contributed by atoms with Gasteiger partial charge in [-0.15, -0.1) is 0 Å². The molecule has 8 heteroatoms. The van der Waals surface area contributed by atoms with E-state index in [2.05, 4.69) is 10.3 Å². The zero-order valence-electron chi connectivity index (χ0n) is 14.8. The third-order valence-corrected chi connectivity index (χ3v) is 6.47. The molecular weight excluding hydrogens is 384 g/mol. The molecule has 0 saturated carbocycles. The van der Waals surface area contributed by atoms with Gasteiger partial charge in [0.2, 0.25) is 0 Å². The molecule has 0 spiro atoms. The van der Waals surface area contributed by atoms with Crippen LogP contribution in [0.15, 0.2) is 60.0 Å². The number of aryl methyl sites for hydroxylation is 1. The van der Waals surface area contributed by atoms with E-state index < -0.39 is 10.0 Å². The molecule has 1 N–H and O–H groups in total. The second-order valence-electron chi connectivity index (χ2n) is 6.53. The fraction of sp³-hybridized carbons (Fsp3) is 0.211. The molecule has 140 valence electrons. The van der Waals surface area contributed by atoms with Crippen LogP contribution in [0.5, 0.6) is 0 Å². The minimum absolute atomic E-state index is 0.0255. The first kappa shape index (κ1) is 17.9. The molecule has 0 unspecified atom stereocenters. The maximum Gasteiger partial charge on any atom is 0.283 e. The summed E-state index contributed by atoms with van der Waals surface area (Å²) < 4.78 is 29.7. The van der Waals surface area contributed by atoms with E-state index in [1.54, 1.807) is 23.7 Å². The van der Waals surface area contributed by atoms with Crippen molar-refractivity contribution in [2.45, 2.75) is 18.0 Å². The lowest BCUT2D eigenvalue weighted by Gasteiger charge is -2.24. The Bertz CT molecular complexity index is 1080. The Balaban J connectivity index is 1.78. The quantitative estimate of drug-likeness (QED) is 0.709. The number of fused-ring (bicyclic) bond motifs is 1. The predicted octanol–water partition coefficient (Wildman–Crippen LogP) is 3.44. The Hall–Kier alpha value is -2.51. The van der Waals surface area contributed by atoms with Gasteiger partial charge in [-0.3, -0.25) is 4.31 Å². The van der Waals surface area contributed by atoms with E-state index in [9.17, 15) is 8.42 Å². The Morgan fingerprint density at radius 3 is 2.70 bits per heavy atom. The van der Waals surface area contributed by atoms with Crippen LogP contribution in [-0.4, -0.2) is 24.5 Å². The molecule has 0 amide bonds. The molecule has 0 atom stereocenters. The predicted molar refractivity (Wildman–Crippen MR) is 107 cm³/mol. The summed E-state index contributed by atoms with van der Waals surface area (Å²) in [6.45, 7) is 1.06. The molecule has 2 heterocycles. The maximum atomic E-state index is 13.3. The fourth-order valence-electron chi connectivity index (χ4n) is 3.15. The molecule has 4 rings (SSSR count). The highest BCUT2D eigenvalue weighted by molar-refractivity contribution is 7.92. The van der Waals surface area contributed by atoms with Crippen LogP contribution in [0.3, 0.4) is 0 Å². The van der Waals surface area contributed by atoms with Crippen LogP contribution >= 0.6 is 11.6 Å². The monoisotopic (exact) mass is 402 g/mol. The summed E-state index contributed by atoms with van der Waals surface area (Å²) in [7, 11) is -2.06. The number of nitrogens with one attached hydrogen (secondary N) is 1. The summed E-state index contributed by atoms with van der Waals surface area (Å²) in [4.78, 5) is 4.06. The summed E-state index contributed by atoms with van der Waals surface area (Å²) in [5, 5.41) is 3.94. The number of hydrogen-bond acceptors (Lipinski definition) is 4. The Labute approximate surface area is 163 Å². The molecule has 0 saturated heterocycles. The summed E-state index contributed by atoms with van der Waals surface area (Å²) in [6, 6.07) is 12.9. The number of rotatable bonds is 5. The Morgan fingerprint density at radius 1 is 1.22 bits per heavy atom. The minimum atomic E-state index is -3.81. The van der Waals surface area contributed by atoms with E-state index in [0.29, 0.717) is 10.7 Å². The third kappa shape index (κ3) is 3.52. The lowest BCUT2D eigenvalue weighted by Crippen LogP contribution is -2.31. The van der Waals surface area contributed by atoms with Gasteiger partial charge in [-0.2, -0.15) is 8.42 Å². The van der Waals surface area contributed by atoms with Crippen molar-refractivity contribution in [2.75, 3.05) is 16.2 Å². The molecular formula is C19H19ClN4O2S. The van der Waals surface area contributed by atoms with Crippen LogP contribution in [0, 0.1) is 0 Å². The standard InChI is InChI=1S/C19H19ClN4O2S/c1-23-12-19(22-13-23)27(25,26)24(11-14-2-4-16(20)5-3-14)17-6-7-18-15(10-17)8-9-21-18/h2-7,10,12-13,21H,8-9,11H2,1H3. The van der Waals surface area contributed by atoms with Gasteiger partial charge >= 0.3 is 0 Å². The van der Waals surface area contributed by atoms with Crippen molar-refractivity contribution < 1.29 is 8.42 Å². The molecule has 0 aliphatic carbocycles. The molecule has 1 aliphatic heterocycles. The van der Waals surface area contributed by atoms with Crippen LogP contribution < -0.4 is 9.62 Å². The van der Waals surface area contributed by atoms with Gasteiger partial charge < -0.3 is 9.88 Å². The topological polar surface area (TPSA) is 67.2 Å². The summed E-state index contributed by atoms with van der Waals surface area (Å²) in [6.07, 6.45) is 3.88. The molecule has 0 bridgehead atoms. The van der Waals surface area contributed by atoms with Crippen molar-refractivity contribution in [3.8, 4) is 0 Å². The van der Waals surface area contributed by atoms with Crippen molar-refractivity contribution in [3.63, 3.8) is 0 Å². The molecule has 3 aromatic rings. The lowest BCUT2D eigenvalue weighted by atomic mass is 10.1. The van der Waals surface area contributed by atoms with Gasteiger partial charge in [0, 0.05) is 30.5 Å². The van der Waals surface area contributed by atoms with Crippen LogP contribution in [0.4, 0.5) is 11.4 Å². The largest absolute Gasteiger partial charge is 0.384 e. The van der Waals surface area contributed by atoms with Crippen LogP contribution in [0.2, 0.25) is 5.02 Å². The highest BCUT2D eigenvalue weighted by atomic mass is 35.5. The number of hydrogen-bond donors (Lipinski definition) is 1. The van der Waals surface area contributed by atoms with Crippen LogP contribution in [-0.2, 0) is 30.0 Å². The molecule has 6 nitrogen and oxygen atoms in total. The molecule has 0 radical (unpaired) electrons. The van der Waals surface area contributed by atoms with E-state index in [1.165, 1.54) is 16.8 Å². The third-order valence-electron chi connectivity index (χ3n) is 4.56. The Kier molecular flexibility index (Phi) is 4.57. The first-order valence-corrected chi connectivity index (χ1v) is 10.4. The van der Waals surface area contributed by atoms with Crippen molar-refractivity contribution in [3.05, 3.63) is 71.1 Å². The number of nitrogens with zero attached hydrogens (tertiary/aromatic N) is 3. The summed E-state index contributed by atoms with van der Waals surface area (Å²) in [5.41, 5.74) is 3.64. The first-order valence-electron chi connectivity index (χ1n) is 8.55. The average Bonchev–Trinajstić information content (AvgIpc) is 3.29. The van der Waals surface area contributed by atoms with Gasteiger partial charge in [-0.25, -0.2) is 4.98 Å². The van der Waals surface area contributed by atoms with Gasteiger partial charge in [0.05, 0.1) is 18.6 Å². The summed E-state index contributed by atoms with van der Waals surface area (Å²) >= 11 is 5.97. The van der Waals surface area contributed by atoms with E-state index in [4.69, 9.17) is 11.6 Å². The van der Waals surface area contributed by atoms with E-state index in [1.807, 2.05) is 30.3 Å². The van der Waals surface area contributed by atoms with Crippen molar-refractivity contribution in [1.82, 2.24) is 9.55 Å². The average molecular weight is 403 g/mol. The highest BCUT2D eigenvalue weighted by Crippen LogP contribution is 2.31. The number of halogens is 1. The van der Waals surface area contributed by atoms with Crippen molar-refractivity contribution in [1.29, 1.82) is 0 Å². The highest BCUT2D eigenvalue weighted by Gasteiger charge is 2.28. The van der Waals surface area contributed by atoms with Crippen LogP contribution in [0.1, 0.15) is 11.1 Å². The second kappa shape index (κ2) is 6.90. The molecule has 2 aromatic carbocycles. The smallest absolute Gasteiger partial charge is 0.283 e. The molecule has 27 heavy (non-hydrogen) atoms. The second-order valence-corrected chi connectivity index (χ2v) is 8.78. The SMILES string of the molecule is Cn1cnc(S(=O)(=O)N(Cc2ccc(Cl)cc2)c2ccc3c(c2)CCN3)c1. The molecule has 1 aliphatic rings. The lowest BCUT2D eigenvalue weighted by molar-refractivity contribution is 0.587. The Morgan fingerprint density at radius 2 is 2.00 bits per heavy atom. The van der Waals surface area contributed by atoms with Gasteiger partial charge in [0.15, 0.2) is 5.03 Å². The fourth-order valence-corrected chi connectivity index (χ4v) is 4.69. The number of sulfonamides is 1. The minimum Gasteiger partial charge on any atom is -0.384 e. The molecule has 0 fully saturated rings. The van der Waals surface area contributed by atoms with Gasteiger partial charge in [0.25, 0.3) is 10.0 Å². The molecule has 1 aromatic heterocycles. The zero-order valence-corrected chi connectivity index (χ0v) is 16.3. The number of aromatic nitrogens is 2. The van der Waals surface area contributed by atoms with Crippen molar-refractivity contribution in [2.24, 2.45) is 7.05 Å². The number of imidazole rings is 1. The van der Waals surface area contributed by atoms with Gasteiger partial charge in [-0.05, 0) is 47.9 Å². The number of anilines is 2. The number of benzene rings is 2. The van der Waals surface area contributed by atoms with Crippen LogP contribution in [0.25, 0.3) is 0 Å². The maximum absolute atomic E-state index is 13.3. The van der Waals surface area contributed by atoms with Gasteiger partial charge in [0.1, 0.15) is 0 Å². The zero-order chi connectivity index (χ0) is 19.0. The first-order chi connectivity index (χ1) is 12.9. The van der Waals surface area contributed by atoms with E-state index >= 15 is 0 Å². The van der Waals surface area contributed by atoms with E-state index in [0.717, 1.165) is 29.8 Å². The van der Waals surface area contributed by atoms with Gasteiger partial charge in [-0.1, -0.05) is 23.7 Å². The van der Waals surface area contributed by atoms with Crippen molar-refractivity contribution >= 4 is 33.0 Å². The normalized spacial score (nSPS) is 13.3. The van der Waals surface area contributed by atoms with E-state index in [-0.39, 0.29) is 11.6 Å². The summed E-state index contributed by atoms with van der Waals surface area (Å²) in [5.74, 6) is 0.